The average molecular weight is 464 g/mol. The van der Waals surface area contributed by atoms with Gasteiger partial charge in [0.05, 0.1) is 17.3 Å². The normalized spacial score (nSPS) is 10.8. The fourth-order valence-corrected chi connectivity index (χ4v) is 3.67. The first-order valence-electron chi connectivity index (χ1n) is 9.84. The van der Waals surface area contributed by atoms with Crippen LogP contribution in [0.4, 0.5) is 14.9 Å². The Morgan fingerprint density at radius 1 is 1.16 bits per heavy atom. The number of aromatic nitrogens is 1. The van der Waals surface area contributed by atoms with Crippen molar-refractivity contribution in [3.05, 3.63) is 87.9 Å². The summed E-state index contributed by atoms with van der Waals surface area (Å²) in [7, 11) is 1.63. The number of hydrogen-bond donors (Lipinski definition) is 1. The Balaban J connectivity index is 1.75. The van der Waals surface area contributed by atoms with Gasteiger partial charge in [-0.15, -0.1) is 0 Å². The number of anilines is 1. The van der Waals surface area contributed by atoms with Gasteiger partial charge in [0.25, 0.3) is 0 Å². The third-order valence-electron chi connectivity index (χ3n) is 4.75. The smallest absolute Gasteiger partial charge is 0.322 e. The largest absolute Gasteiger partial charge is 0.385 e. The highest BCUT2D eigenvalue weighted by molar-refractivity contribution is 6.36. The third-order valence-corrected chi connectivity index (χ3v) is 5.30. The molecule has 0 saturated carbocycles. The van der Waals surface area contributed by atoms with Crippen molar-refractivity contribution in [3.8, 4) is 0 Å². The van der Waals surface area contributed by atoms with E-state index in [1.165, 1.54) is 12.1 Å². The van der Waals surface area contributed by atoms with E-state index in [2.05, 4.69) is 5.32 Å². The molecule has 0 spiro atoms. The highest BCUT2D eigenvalue weighted by Crippen LogP contribution is 2.26. The van der Waals surface area contributed by atoms with Crippen molar-refractivity contribution >= 4 is 34.9 Å². The number of benzene rings is 2. The predicted molar refractivity (Wildman–Crippen MR) is 122 cm³/mol. The van der Waals surface area contributed by atoms with Gasteiger partial charge in [-0.1, -0.05) is 35.3 Å². The molecule has 1 aromatic heterocycles. The summed E-state index contributed by atoms with van der Waals surface area (Å²) in [4.78, 5) is 14.7. The molecule has 0 bridgehead atoms. The molecular formula is C23H24Cl2FN3O2. The molecule has 1 N–H and O–H groups in total. The third kappa shape index (κ3) is 6.72. The van der Waals surface area contributed by atoms with Gasteiger partial charge < -0.3 is 19.5 Å². The van der Waals surface area contributed by atoms with E-state index in [4.69, 9.17) is 27.9 Å². The van der Waals surface area contributed by atoms with E-state index in [0.717, 1.165) is 11.3 Å². The fourth-order valence-electron chi connectivity index (χ4n) is 3.21. The second-order valence-corrected chi connectivity index (χ2v) is 7.92. The number of nitrogens with zero attached hydrogens (tertiary/aromatic N) is 2. The zero-order valence-corrected chi connectivity index (χ0v) is 18.7. The fraction of sp³-hybridized carbons (Fsp3) is 0.261. The van der Waals surface area contributed by atoms with Crippen molar-refractivity contribution < 1.29 is 13.9 Å². The van der Waals surface area contributed by atoms with E-state index in [1.54, 1.807) is 36.3 Å². The van der Waals surface area contributed by atoms with Gasteiger partial charge in [-0.25, -0.2) is 9.18 Å². The topological polar surface area (TPSA) is 46.5 Å². The molecule has 0 aliphatic carbocycles. The van der Waals surface area contributed by atoms with Crippen LogP contribution in [-0.4, -0.2) is 35.8 Å². The number of ether oxygens (including phenoxy) is 1. The highest BCUT2D eigenvalue weighted by Gasteiger charge is 2.17. The van der Waals surface area contributed by atoms with Crippen molar-refractivity contribution in [1.82, 2.24) is 9.47 Å². The van der Waals surface area contributed by atoms with Crippen molar-refractivity contribution in [3.63, 3.8) is 0 Å². The number of nitrogens with one attached hydrogen (secondary N) is 1. The molecule has 8 heteroatoms. The number of rotatable bonds is 9. The number of amides is 2. The van der Waals surface area contributed by atoms with E-state index in [-0.39, 0.29) is 11.8 Å². The minimum absolute atomic E-state index is 0.272. The van der Waals surface area contributed by atoms with Crippen LogP contribution in [0.15, 0.2) is 60.8 Å². The molecule has 164 valence electrons. The number of urea groups is 1. The van der Waals surface area contributed by atoms with E-state index >= 15 is 0 Å². The standard InChI is InChI=1S/C23H24Cl2FN3O2/c1-31-12-4-11-29(23(30)27-22-9-8-18(24)14-21(22)25)16-20-7-3-10-28(20)15-17-5-2-6-19(26)13-17/h2-3,5-10,13-14H,4,11-12,15-16H2,1H3,(H,27,30). The second kappa shape index (κ2) is 11.2. The molecule has 0 fully saturated rings. The summed E-state index contributed by atoms with van der Waals surface area (Å²) in [6.07, 6.45) is 2.60. The van der Waals surface area contributed by atoms with Gasteiger partial charge in [0, 0.05) is 43.7 Å². The quantitative estimate of drug-likeness (QED) is 0.392. The Kier molecular flexibility index (Phi) is 8.35. The minimum Gasteiger partial charge on any atom is -0.385 e. The summed E-state index contributed by atoms with van der Waals surface area (Å²) in [5, 5.41) is 3.71. The number of carbonyl (C=O) groups excluding carboxylic acids is 1. The lowest BCUT2D eigenvalue weighted by atomic mass is 10.2. The molecular weight excluding hydrogens is 440 g/mol. The predicted octanol–water partition coefficient (Wildman–Crippen LogP) is 6.05. The molecule has 0 unspecified atom stereocenters. The van der Waals surface area contributed by atoms with E-state index in [0.29, 0.717) is 48.4 Å². The first-order valence-corrected chi connectivity index (χ1v) is 10.6. The van der Waals surface area contributed by atoms with Crippen LogP contribution in [0.1, 0.15) is 17.7 Å². The molecule has 3 aromatic rings. The van der Waals surface area contributed by atoms with Crippen molar-refractivity contribution in [1.29, 1.82) is 0 Å². The van der Waals surface area contributed by atoms with Crippen molar-refractivity contribution in [2.75, 3.05) is 25.6 Å². The van der Waals surface area contributed by atoms with Gasteiger partial charge in [-0.05, 0) is 54.4 Å². The van der Waals surface area contributed by atoms with Crippen LogP contribution in [0.5, 0.6) is 0 Å². The Bertz CT molecular complexity index is 1030. The summed E-state index contributed by atoms with van der Waals surface area (Å²) in [6.45, 7) is 1.92. The summed E-state index contributed by atoms with van der Waals surface area (Å²) in [5.41, 5.74) is 2.27. The lowest BCUT2D eigenvalue weighted by Gasteiger charge is -2.24. The Morgan fingerprint density at radius 3 is 2.74 bits per heavy atom. The lowest BCUT2D eigenvalue weighted by molar-refractivity contribution is 0.171. The van der Waals surface area contributed by atoms with Crippen LogP contribution in [0.3, 0.4) is 0 Å². The number of halogens is 3. The molecule has 2 amide bonds. The van der Waals surface area contributed by atoms with E-state index < -0.39 is 0 Å². The molecule has 0 atom stereocenters. The highest BCUT2D eigenvalue weighted by atomic mass is 35.5. The van der Waals surface area contributed by atoms with E-state index in [1.807, 2.05) is 29.0 Å². The maximum Gasteiger partial charge on any atom is 0.322 e. The molecule has 31 heavy (non-hydrogen) atoms. The molecule has 0 aliphatic heterocycles. The SMILES string of the molecule is COCCCN(Cc1cccn1Cc1cccc(F)c1)C(=O)Nc1ccc(Cl)cc1Cl. The Morgan fingerprint density at radius 2 is 2.00 bits per heavy atom. The summed E-state index contributed by atoms with van der Waals surface area (Å²) >= 11 is 12.1. The van der Waals surface area contributed by atoms with Crippen LogP contribution in [-0.2, 0) is 17.8 Å². The Labute approximate surface area is 191 Å². The van der Waals surface area contributed by atoms with Crippen molar-refractivity contribution in [2.45, 2.75) is 19.5 Å². The first-order chi connectivity index (χ1) is 15.0. The maximum absolute atomic E-state index is 13.5. The van der Waals surface area contributed by atoms with Crippen molar-refractivity contribution in [2.24, 2.45) is 0 Å². The number of carbonyl (C=O) groups is 1. The number of methoxy groups -OCH3 is 1. The summed E-state index contributed by atoms with van der Waals surface area (Å²) in [6, 6.07) is 15.0. The summed E-state index contributed by atoms with van der Waals surface area (Å²) in [5.74, 6) is -0.272. The number of hydrogen-bond acceptors (Lipinski definition) is 2. The summed E-state index contributed by atoms with van der Waals surface area (Å²) < 4.78 is 20.7. The minimum atomic E-state index is -0.279. The molecule has 3 rings (SSSR count). The van der Waals surface area contributed by atoms with Crippen LogP contribution in [0, 0.1) is 5.82 Å². The molecule has 5 nitrogen and oxygen atoms in total. The molecule has 0 radical (unpaired) electrons. The zero-order valence-electron chi connectivity index (χ0n) is 17.2. The van der Waals surface area contributed by atoms with Gasteiger partial charge in [0.2, 0.25) is 0 Å². The maximum atomic E-state index is 13.5. The first kappa shape index (κ1) is 23.1. The van der Waals surface area contributed by atoms with Crippen LogP contribution < -0.4 is 5.32 Å². The van der Waals surface area contributed by atoms with Crippen LogP contribution >= 0.6 is 23.2 Å². The lowest BCUT2D eigenvalue weighted by Crippen LogP contribution is -2.36. The molecule has 1 heterocycles. The molecule has 2 aromatic carbocycles. The van der Waals surface area contributed by atoms with Gasteiger partial charge in [0.1, 0.15) is 5.82 Å². The van der Waals surface area contributed by atoms with Gasteiger partial charge >= 0.3 is 6.03 Å². The molecule has 0 aliphatic rings. The second-order valence-electron chi connectivity index (χ2n) is 7.08. The van der Waals surface area contributed by atoms with Gasteiger partial charge in [-0.2, -0.15) is 0 Å². The average Bonchev–Trinajstić information content (AvgIpc) is 3.16. The van der Waals surface area contributed by atoms with Gasteiger partial charge in [-0.3, -0.25) is 0 Å². The van der Waals surface area contributed by atoms with Crippen LogP contribution in [0.2, 0.25) is 10.0 Å². The zero-order chi connectivity index (χ0) is 22.2. The monoisotopic (exact) mass is 463 g/mol. The van der Waals surface area contributed by atoms with E-state index in [9.17, 15) is 9.18 Å². The Hall–Kier alpha value is -2.54. The van der Waals surface area contributed by atoms with Gasteiger partial charge in [0.15, 0.2) is 0 Å². The van der Waals surface area contributed by atoms with Crippen LogP contribution in [0.25, 0.3) is 0 Å². The molecule has 0 saturated heterocycles.